The Bertz CT molecular complexity index is 591. The van der Waals surface area contributed by atoms with Crippen molar-refractivity contribution in [2.75, 3.05) is 0 Å². The molecule has 0 saturated carbocycles. The molecular formula is C15H17ClN2O3. The summed E-state index contributed by atoms with van der Waals surface area (Å²) in [4.78, 5) is 25.3. The summed E-state index contributed by atoms with van der Waals surface area (Å²) in [5, 5.41) is 11.2. The van der Waals surface area contributed by atoms with Crippen molar-refractivity contribution < 1.29 is 9.72 Å². The molecule has 3 rings (SSSR count). The standard InChI is InChI=1S/C15H17ClN2O3/c1-9-13(3-2-4-14(9)18(20)21)15(19)17-11-5-6-12(17)8-10(16)7-11/h2-4,10-12H,5-8H2,1H3. The van der Waals surface area contributed by atoms with E-state index < -0.39 is 4.92 Å². The van der Waals surface area contributed by atoms with E-state index in [4.69, 9.17) is 11.6 Å². The van der Waals surface area contributed by atoms with E-state index in [1.165, 1.54) is 6.07 Å². The molecule has 2 aliphatic heterocycles. The Morgan fingerprint density at radius 3 is 2.52 bits per heavy atom. The second-order valence-electron chi connectivity index (χ2n) is 5.87. The lowest BCUT2D eigenvalue weighted by Gasteiger charge is -2.37. The number of hydrogen-bond donors (Lipinski definition) is 0. The highest BCUT2D eigenvalue weighted by molar-refractivity contribution is 6.20. The summed E-state index contributed by atoms with van der Waals surface area (Å²) in [7, 11) is 0. The Labute approximate surface area is 128 Å². The van der Waals surface area contributed by atoms with Crippen molar-refractivity contribution in [1.29, 1.82) is 0 Å². The van der Waals surface area contributed by atoms with Gasteiger partial charge in [-0.15, -0.1) is 11.6 Å². The summed E-state index contributed by atoms with van der Waals surface area (Å²) in [6, 6.07) is 5.05. The van der Waals surface area contributed by atoms with E-state index in [9.17, 15) is 14.9 Å². The largest absolute Gasteiger partial charge is 0.333 e. The Morgan fingerprint density at radius 1 is 1.33 bits per heavy atom. The number of nitro benzene ring substituents is 1. The number of nitro groups is 1. The molecule has 1 aromatic rings. The third kappa shape index (κ3) is 2.39. The van der Waals surface area contributed by atoms with E-state index in [0.29, 0.717) is 11.1 Å². The third-order valence-corrected chi connectivity index (χ3v) is 5.00. The minimum atomic E-state index is -0.439. The summed E-state index contributed by atoms with van der Waals surface area (Å²) in [6.45, 7) is 1.64. The van der Waals surface area contributed by atoms with E-state index >= 15 is 0 Å². The summed E-state index contributed by atoms with van der Waals surface area (Å²) < 4.78 is 0. The van der Waals surface area contributed by atoms with Gasteiger partial charge in [-0.05, 0) is 38.7 Å². The zero-order valence-corrected chi connectivity index (χ0v) is 12.5. The van der Waals surface area contributed by atoms with Gasteiger partial charge in [0.15, 0.2) is 0 Å². The maximum absolute atomic E-state index is 12.8. The van der Waals surface area contributed by atoms with Gasteiger partial charge in [-0.25, -0.2) is 0 Å². The monoisotopic (exact) mass is 308 g/mol. The topological polar surface area (TPSA) is 63.5 Å². The smallest absolute Gasteiger partial charge is 0.273 e. The molecule has 2 fully saturated rings. The molecule has 2 saturated heterocycles. The van der Waals surface area contributed by atoms with Crippen molar-refractivity contribution in [2.45, 2.75) is 50.1 Å². The normalized spacial score (nSPS) is 27.7. The van der Waals surface area contributed by atoms with Crippen molar-refractivity contribution in [3.05, 3.63) is 39.4 Å². The third-order valence-electron chi connectivity index (χ3n) is 4.64. The van der Waals surface area contributed by atoms with Gasteiger partial charge in [0.2, 0.25) is 0 Å². The minimum Gasteiger partial charge on any atom is -0.333 e. The number of amides is 1. The van der Waals surface area contributed by atoms with E-state index in [1.54, 1.807) is 19.1 Å². The van der Waals surface area contributed by atoms with Crippen LogP contribution < -0.4 is 0 Å². The maximum atomic E-state index is 12.8. The second-order valence-corrected chi connectivity index (χ2v) is 6.49. The van der Waals surface area contributed by atoms with Crippen molar-refractivity contribution in [1.82, 2.24) is 4.90 Å². The highest BCUT2D eigenvalue weighted by atomic mass is 35.5. The molecule has 2 atom stereocenters. The van der Waals surface area contributed by atoms with Crippen molar-refractivity contribution in [2.24, 2.45) is 0 Å². The Kier molecular flexibility index (Phi) is 3.61. The molecule has 0 N–H and O–H groups in total. The first-order valence-corrected chi connectivity index (χ1v) is 7.63. The molecule has 21 heavy (non-hydrogen) atoms. The van der Waals surface area contributed by atoms with E-state index in [2.05, 4.69) is 0 Å². The van der Waals surface area contributed by atoms with Crippen LogP contribution in [0.2, 0.25) is 0 Å². The van der Waals surface area contributed by atoms with E-state index in [-0.39, 0.29) is 29.1 Å². The zero-order chi connectivity index (χ0) is 15.1. The quantitative estimate of drug-likeness (QED) is 0.478. The predicted octanol–water partition coefficient (Wildman–Crippen LogP) is 3.28. The van der Waals surface area contributed by atoms with Crippen LogP contribution in [0.5, 0.6) is 0 Å². The van der Waals surface area contributed by atoms with Crippen LogP contribution in [0.15, 0.2) is 18.2 Å². The first kappa shape index (κ1) is 14.3. The average Bonchev–Trinajstić information content (AvgIpc) is 2.70. The van der Waals surface area contributed by atoms with E-state index in [1.807, 2.05) is 4.90 Å². The van der Waals surface area contributed by atoms with Crippen LogP contribution in [0.3, 0.4) is 0 Å². The molecule has 1 aromatic carbocycles. The van der Waals surface area contributed by atoms with Gasteiger partial charge in [-0.3, -0.25) is 14.9 Å². The molecule has 2 heterocycles. The molecule has 0 aromatic heterocycles. The Hall–Kier alpha value is -1.62. The summed E-state index contributed by atoms with van der Waals surface area (Å²) in [5.74, 6) is -0.0905. The predicted molar refractivity (Wildman–Crippen MR) is 79.7 cm³/mol. The lowest BCUT2D eigenvalue weighted by molar-refractivity contribution is -0.385. The molecule has 2 unspecified atom stereocenters. The number of carbonyl (C=O) groups is 1. The molecule has 0 spiro atoms. The van der Waals surface area contributed by atoms with Crippen LogP contribution in [-0.2, 0) is 0 Å². The van der Waals surface area contributed by atoms with Crippen molar-refractivity contribution in [3.8, 4) is 0 Å². The van der Waals surface area contributed by atoms with Gasteiger partial charge in [0.1, 0.15) is 0 Å². The van der Waals surface area contributed by atoms with Crippen LogP contribution in [-0.4, -0.2) is 33.2 Å². The number of halogens is 1. The molecule has 5 nitrogen and oxygen atoms in total. The lowest BCUT2D eigenvalue weighted by Crippen LogP contribution is -2.47. The number of carbonyl (C=O) groups excluding carboxylic acids is 1. The van der Waals surface area contributed by atoms with Gasteiger partial charge < -0.3 is 4.90 Å². The van der Waals surface area contributed by atoms with Gasteiger partial charge >= 0.3 is 0 Å². The summed E-state index contributed by atoms with van der Waals surface area (Å²) in [5.41, 5.74) is 0.884. The first-order valence-electron chi connectivity index (χ1n) is 7.19. The lowest BCUT2D eigenvalue weighted by atomic mass is 9.99. The van der Waals surface area contributed by atoms with Gasteiger partial charge in [0, 0.05) is 34.7 Å². The number of benzene rings is 1. The fourth-order valence-electron chi connectivity index (χ4n) is 3.63. The molecule has 6 heteroatoms. The van der Waals surface area contributed by atoms with Crippen LogP contribution >= 0.6 is 11.6 Å². The highest BCUT2D eigenvalue weighted by Crippen LogP contribution is 2.39. The fraction of sp³-hybridized carbons (Fsp3) is 0.533. The number of piperidine rings is 1. The highest BCUT2D eigenvalue weighted by Gasteiger charge is 2.43. The first-order chi connectivity index (χ1) is 9.99. The van der Waals surface area contributed by atoms with Gasteiger partial charge in [-0.1, -0.05) is 6.07 Å². The van der Waals surface area contributed by atoms with Crippen LogP contribution in [0, 0.1) is 17.0 Å². The molecule has 0 aliphatic carbocycles. The molecular weight excluding hydrogens is 292 g/mol. The van der Waals surface area contributed by atoms with Crippen molar-refractivity contribution >= 4 is 23.2 Å². The van der Waals surface area contributed by atoms with Crippen molar-refractivity contribution in [3.63, 3.8) is 0 Å². The molecule has 0 radical (unpaired) electrons. The molecule has 2 bridgehead atoms. The van der Waals surface area contributed by atoms with Gasteiger partial charge in [0.05, 0.1) is 4.92 Å². The van der Waals surface area contributed by atoms with E-state index in [0.717, 1.165) is 25.7 Å². The Morgan fingerprint density at radius 2 is 1.95 bits per heavy atom. The average molecular weight is 309 g/mol. The fourth-order valence-corrected chi connectivity index (χ4v) is 4.05. The van der Waals surface area contributed by atoms with Crippen LogP contribution in [0.25, 0.3) is 0 Å². The molecule has 112 valence electrons. The van der Waals surface area contributed by atoms with Crippen LogP contribution in [0.4, 0.5) is 5.69 Å². The number of nitrogens with zero attached hydrogens (tertiary/aromatic N) is 2. The summed E-state index contributed by atoms with van der Waals surface area (Å²) in [6.07, 6.45) is 3.59. The zero-order valence-electron chi connectivity index (χ0n) is 11.8. The summed E-state index contributed by atoms with van der Waals surface area (Å²) >= 11 is 6.23. The number of rotatable bonds is 2. The molecule has 1 amide bonds. The van der Waals surface area contributed by atoms with Crippen LogP contribution in [0.1, 0.15) is 41.6 Å². The SMILES string of the molecule is Cc1c(C(=O)N2C3CCC2CC(Cl)C3)cccc1[N+](=O)[O-]. The van der Waals surface area contributed by atoms with Gasteiger partial charge in [0.25, 0.3) is 11.6 Å². The maximum Gasteiger partial charge on any atom is 0.273 e. The second kappa shape index (κ2) is 5.30. The van der Waals surface area contributed by atoms with Gasteiger partial charge in [-0.2, -0.15) is 0 Å². The Balaban J connectivity index is 1.93. The number of alkyl halides is 1. The minimum absolute atomic E-state index is 0.000395. The number of fused-ring (bicyclic) bond motifs is 2. The molecule has 2 aliphatic rings. The number of hydrogen-bond acceptors (Lipinski definition) is 3.